The Morgan fingerprint density at radius 2 is 2.14 bits per heavy atom. The number of carbonyl (C=O) groups excluding carboxylic acids is 1. The average molecular weight is 308 g/mol. The van der Waals surface area contributed by atoms with Gasteiger partial charge in [0.15, 0.2) is 11.6 Å². The number of amides is 1. The molecule has 0 bridgehead atoms. The number of halogens is 1. The molecular formula is C17H25FN2O2. The molecule has 1 aromatic carbocycles. The highest BCUT2D eigenvalue weighted by atomic mass is 19.1. The first-order valence-corrected chi connectivity index (χ1v) is 7.96. The predicted octanol–water partition coefficient (Wildman–Crippen LogP) is 2.37. The summed E-state index contributed by atoms with van der Waals surface area (Å²) in [6.45, 7) is 5.39. The number of likely N-dealkylation sites (tertiary alicyclic amines) is 1. The van der Waals surface area contributed by atoms with Gasteiger partial charge in [0.2, 0.25) is 5.91 Å². The van der Waals surface area contributed by atoms with Crippen molar-refractivity contribution >= 4 is 5.91 Å². The molecule has 1 aliphatic rings. The minimum absolute atomic E-state index is 0.0430. The van der Waals surface area contributed by atoms with Crippen molar-refractivity contribution in [3.05, 3.63) is 29.6 Å². The van der Waals surface area contributed by atoms with Crippen LogP contribution in [0.15, 0.2) is 18.2 Å². The Morgan fingerprint density at radius 3 is 2.73 bits per heavy atom. The topological polar surface area (TPSA) is 41.6 Å². The van der Waals surface area contributed by atoms with Crippen molar-refractivity contribution in [3.8, 4) is 5.75 Å². The quantitative estimate of drug-likeness (QED) is 0.877. The van der Waals surface area contributed by atoms with Crippen LogP contribution in [0.25, 0.3) is 0 Å². The van der Waals surface area contributed by atoms with E-state index in [1.165, 1.54) is 19.6 Å². The van der Waals surface area contributed by atoms with E-state index >= 15 is 0 Å². The number of benzene rings is 1. The summed E-state index contributed by atoms with van der Waals surface area (Å²) in [5.74, 6) is -0.272. The molecule has 0 saturated carbocycles. The van der Waals surface area contributed by atoms with Gasteiger partial charge in [-0.1, -0.05) is 13.0 Å². The molecule has 1 fully saturated rings. The van der Waals surface area contributed by atoms with Crippen LogP contribution in [0, 0.1) is 5.82 Å². The van der Waals surface area contributed by atoms with E-state index in [1.54, 1.807) is 12.1 Å². The van der Waals surface area contributed by atoms with Gasteiger partial charge in [0.05, 0.1) is 13.5 Å². The third-order valence-corrected chi connectivity index (χ3v) is 4.07. The summed E-state index contributed by atoms with van der Waals surface area (Å²) in [6, 6.07) is 4.89. The number of hydrogen-bond acceptors (Lipinski definition) is 3. The van der Waals surface area contributed by atoms with Crippen molar-refractivity contribution < 1.29 is 13.9 Å². The summed E-state index contributed by atoms with van der Waals surface area (Å²) in [4.78, 5) is 14.5. The van der Waals surface area contributed by atoms with Crippen LogP contribution in [0.5, 0.6) is 5.75 Å². The van der Waals surface area contributed by atoms with E-state index in [2.05, 4.69) is 17.1 Å². The van der Waals surface area contributed by atoms with Crippen LogP contribution in [0.2, 0.25) is 0 Å². The normalized spacial score (nSPS) is 16.5. The molecule has 0 atom stereocenters. The van der Waals surface area contributed by atoms with Crippen LogP contribution in [0.1, 0.15) is 31.7 Å². The highest BCUT2D eigenvalue weighted by Gasteiger charge is 2.20. The third-order valence-electron chi connectivity index (χ3n) is 4.07. The van der Waals surface area contributed by atoms with Gasteiger partial charge >= 0.3 is 0 Å². The lowest BCUT2D eigenvalue weighted by Crippen LogP contribution is -2.45. The van der Waals surface area contributed by atoms with Crippen molar-refractivity contribution in [2.45, 2.75) is 38.6 Å². The van der Waals surface area contributed by atoms with Crippen LogP contribution in [0.3, 0.4) is 0 Å². The highest BCUT2D eigenvalue weighted by molar-refractivity contribution is 5.78. The largest absolute Gasteiger partial charge is 0.494 e. The first kappa shape index (κ1) is 16.7. The Morgan fingerprint density at radius 1 is 1.41 bits per heavy atom. The van der Waals surface area contributed by atoms with Gasteiger partial charge in [-0.3, -0.25) is 4.79 Å². The van der Waals surface area contributed by atoms with Crippen molar-refractivity contribution in [1.29, 1.82) is 0 Å². The van der Waals surface area contributed by atoms with Gasteiger partial charge < -0.3 is 15.0 Å². The molecule has 0 spiro atoms. The van der Waals surface area contributed by atoms with E-state index in [0.29, 0.717) is 5.56 Å². The summed E-state index contributed by atoms with van der Waals surface area (Å²) in [5.41, 5.74) is 0.666. The number of ether oxygens (including phenoxy) is 1. The maximum absolute atomic E-state index is 13.6. The molecule has 0 radical (unpaired) electrons. The van der Waals surface area contributed by atoms with E-state index in [1.807, 2.05) is 0 Å². The number of hydrogen-bond donors (Lipinski definition) is 1. The fourth-order valence-electron chi connectivity index (χ4n) is 2.90. The molecule has 1 heterocycles. The molecule has 1 N–H and O–H groups in total. The number of piperidine rings is 1. The lowest BCUT2D eigenvalue weighted by atomic mass is 10.0. The molecule has 0 aliphatic carbocycles. The van der Waals surface area contributed by atoms with Gasteiger partial charge in [-0.15, -0.1) is 0 Å². The average Bonchev–Trinajstić information content (AvgIpc) is 2.50. The van der Waals surface area contributed by atoms with Crippen molar-refractivity contribution in [2.24, 2.45) is 0 Å². The van der Waals surface area contributed by atoms with E-state index in [9.17, 15) is 9.18 Å². The van der Waals surface area contributed by atoms with E-state index < -0.39 is 5.82 Å². The second kappa shape index (κ2) is 8.13. The second-order valence-corrected chi connectivity index (χ2v) is 5.83. The van der Waals surface area contributed by atoms with Gasteiger partial charge in [-0.25, -0.2) is 4.39 Å². The molecule has 2 rings (SSSR count). The summed E-state index contributed by atoms with van der Waals surface area (Å²) in [7, 11) is 1.43. The predicted molar refractivity (Wildman–Crippen MR) is 84.6 cm³/mol. The Labute approximate surface area is 131 Å². The molecule has 0 unspecified atom stereocenters. The Hall–Kier alpha value is -1.62. The molecule has 22 heavy (non-hydrogen) atoms. The zero-order valence-electron chi connectivity index (χ0n) is 13.4. The number of nitrogens with one attached hydrogen (secondary N) is 1. The maximum atomic E-state index is 13.6. The Balaban J connectivity index is 1.80. The molecule has 0 aromatic heterocycles. The zero-order chi connectivity index (χ0) is 15.9. The van der Waals surface area contributed by atoms with Crippen LogP contribution >= 0.6 is 0 Å². The number of nitrogens with zero attached hydrogens (tertiary/aromatic N) is 1. The Bertz CT molecular complexity index is 499. The standard InChI is InChI=1S/C17H25FN2O2/c1-3-8-20-9-6-14(7-10-20)19-17(21)12-13-4-5-16(22-2)15(18)11-13/h4-5,11,14H,3,6-10,12H2,1-2H3,(H,19,21). The van der Waals surface area contributed by atoms with Crippen molar-refractivity contribution in [3.63, 3.8) is 0 Å². The van der Waals surface area contributed by atoms with E-state index in [-0.39, 0.29) is 24.1 Å². The summed E-state index contributed by atoms with van der Waals surface area (Å²) >= 11 is 0. The van der Waals surface area contributed by atoms with Crippen LogP contribution in [-0.4, -0.2) is 43.6 Å². The van der Waals surface area contributed by atoms with Crippen molar-refractivity contribution in [2.75, 3.05) is 26.7 Å². The van der Waals surface area contributed by atoms with Gasteiger partial charge in [0, 0.05) is 19.1 Å². The fourth-order valence-corrected chi connectivity index (χ4v) is 2.90. The first-order chi connectivity index (χ1) is 10.6. The summed E-state index contributed by atoms with van der Waals surface area (Å²) < 4.78 is 18.5. The third kappa shape index (κ3) is 4.70. The second-order valence-electron chi connectivity index (χ2n) is 5.83. The molecule has 1 amide bonds. The molecule has 1 aromatic rings. The lowest BCUT2D eigenvalue weighted by molar-refractivity contribution is -0.121. The van der Waals surface area contributed by atoms with Gasteiger partial charge in [0.25, 0.3) is 0 Å². The smallest absolute Gasteiger partial charge is 0.224 e. The molecule has 122 valence electrons. The van der Waals surface area contributed by atoms with Gasteiger partial charge in [0.1, 0.15) is 0 Å². The lowest BCUT2D eigenvalue weighted by Gasteiger charge is -2.32. The van der Waals surface area contributed by atoms with Gasteiger partial charge in [-0.05, 0) is 43.5 Å². The van der Waals surface area contributed by atoms with E-state index in [0.717, 1.165) is 32.5 Å². The molecular weight excluding hydrogens is 283 g/mol. The summed E-state index contributed by atoms with van der Waals surface area (Å²) in [6.07, 6.45) is 3.35. The minimum Gasteiger partial charge on any atom is -0.494 e. The number of rotatable bonds is 6. The van der Waals surface area contributed by atoms with Crippen LogP contribution in [0.4, 0.5) is 4.39 Å². The summed E-state index contributed by atoms with van der Waals surface area (Å²) in [5, 5.41) is 3.06. The highest BCUT2D eigenvalue weighted by Crippen LogP contribution is 2.18. The molecule has 1 aliphatic heterocycles. The number of carbonyl (C=O) groups is 1. The SMILES string of the molecule is CCCN1CCC(NC(=O)Cc2ccc(OC)c(F)c2)CC1. The monoisotopic (exact) mass is 308 g/mol. The molecule has 1 saturated heterocycles. The number of methoxy groups -OCH3 is 1. The minimum atomic E-state index is -0.430. The molecule has 5 heteroatoms. The molecule has 4 nitrogen and oxygen atoms in total. The van der Waals surface area contributed by atoms with Crippen LogP contribution in [-0.2, 0) is 11.2 Å². The van der Waals surface area contributed by atoms with E-state index in [4.69, 9.17) is 4.74 Å². The zero-order valence-corrected chi connectivity index (χ0v) is 13.4. The maximum Gasteiger partial charge on any atom is 0.224 e. The van der Waals surface area contributed by atoms with Crippen molar-refractivity contribution in [1.82, 2.24) is 10.2 Å². The van der Waals surface area contributed by atoms with Gasteiger partial charge in [-0.2, -0.15) is 0 Å². The Kier molecular flexibility index (Phi) is 6.19. The fraction of sp³-hybridized carbons (Fsp3) is 0.588. The van der Waals surface area contributed by atoms with Crippen LogP contribution < -0.4 is 10.1 Å². The first-order valence-electron chi connectivity index (χ1n) is 7.96.